The van der Waals surface area contributed by atoms with Gasteiger partial charge in [0.25, 0.3) is 0 Å². The van der Waals surface area contributed by atoms with Gasteiger partial charge in [-0.25, -0.2) is 0 Å². The average Bonchev–Trinajstić information content (AvgIpc) is 2.56. The molecule has 0 saturated carbocycles. The van der Waals surface area contributed by atoms with Crippen molar-refractivity contribution in [3.63, 3.8) is 0 Å². The molecule has 102 valence electrons. The minimum absolute atomic E-state index is 0.0326. The molecule has 3 rings (SSSR count). The van der Waals surface area contributed by atoms with Gasteiger partial charge in [0.05, 0.1) is 0 Å². The summed E-state index contributed by atoms with van der Waals surface area (Å²) in [5, 5.41) is 0. The second-order valence-electron chi connectivity index (χ2n) is 4.92. The molecule has 0 amide bonds. The van der Waals surface area contributed by atoms with E-state index in [0.29, 0.717) is 5.56 Å². The molecule has 0 aliphatic carbocycles. The van der Waals surface area contributed by atoms with E-state index in [4.69, 9.17) is 0 Å². The Kier molecular flexibility index (Phi) is 3.61. The van der Waals surface area contributed by atoms with Crippen LogP contribution in [0.3, 0.4) is 0 Å². The summed E-state index contributed by atoms with van der Waals surface area (Å²) in [7, 11) is 0. The first-order chi connectivity index (χ1) is 10.3. The van der Waals surface area contributed by atoms with E-state index in [1.807, 2.05) is 36.4 Å². The molecule has 2 aromatic carbocycles. The number of Topliss-reactive ketones (excluding diaryl/α,β-unsaturated/α-hetero) is 1. The van der Waals surface area contributed by atoms with Crippen LogP contribution in [0, 0.1) is 0 Å². The molecule has 0 aliphatic rings. The number of nitrogens with zero attached hydrogens (tertiary/aromatic N) is 1. The molecule has 0 aliphatic heterocycles. The van der Waals surface area contributed by atoms with Crippen molar-refractivity contribution in [2.45, 2.75) is 6.92 Å². The van der Waals surface area contributed by atoms with Gasteiger partial charge in [-0.15, -0.1) is 0 Å². The van der Waals surface area contributed by atoms with E-state index < -0.39 is 0 Å². The number of hydrogen-bond acceptors (Lipinski definition) is 2. The second kappa shape index (κ2) is 5.71. The maximum atomic E-state index is 11.7. The molecule has 0 bridgehead atoms. The SMILES string of the molecule is CC(=O)c1cnccc1-c1ccc(-c2ccccc2)cc1. The first kappa shape index (κ1) is 13.3. The number of benzene rings is 2. The van der Waals surface area contributed by atoms with Gasteiger partial charge in [-0.05, 0) is 35.2 Å². The molecule has 1 aromatic heterocycles. The van der Waals surface area contributed by atoms with Crippen molar-refractivity contribution >= 4 is 5.78 Å². The highest BCUT2D eigenvalue weighted by atomic mass is 16.1. The Morgan fingerprint density at radius 1 is 0.810 bits per heavy atom. The Morgan fingerprint density at radius 2 is 1.43 bits per heavy atom. The van der Waals surface area contributed by atoms with Gasteiger partial charge in [-0.3, -0.25) is 9.78 Å². The summed E-state index contributed by atoms with van der Waals surface area (Å²) in [6.45, 7) is 1.57. The minimum Gasteiger partial charge on any atom is -0.294 e. The topological polar surface area (TPSA) is 30.0 Å². The third-order valence-corrected chi connectivity index (χ3v) is 3.50. The highest BCUT2D eigenvalue weighted by Crippen LogP contribution is 2.26. The van der Waals surface area contributed by atoms with Crippen LogP contribution in [0.5, 0.6) is 0 Å². The fraction of sp³-hybridized carbons (Fsp3) is 0.0526. The van der Waals surface area contributed by atoms with E-state index in [1.54, 1.807) is 19.3 Å². The lowest BCUT2D eigenvalue weighted by Gasteiger charge is -2.08. The van der Waals surface area contributed by atoms with Crippen molar-refractivity contribution in [1.29, 1.82) is 0 Å². The van der Waals surface area contributed by atoms with Crippen molar-refractivity contribution in [3.05, 3.63) is 78.6 Å². The summed E-state index contributed by atoms with van der Waals surface area (Å²) in [5.74, 6) is 0.0326. The normalized spacial score (nSPS) is 10.3. The monoisotopic (exact) mass is 273 g/mol. The van der Waals surface area contributed by atoms with Crippen LogP contribution in [0.15, 0.2) is 73.1 Å². The van der Waals surface area contributed by atoms with E-state index in [0.717, 1.165) is 16.7 Å². The second-order valence-corrected chi connectivity index (χ2v) is 4.92. The zero-order valence-corrected chi connectivity index (χ0v) is 11.8. The fourth-order valence-electron chi connectivity index (χ4n) is 2.40. The van der Waals surface area contributed by atoms with Gasteiger partial charge in [-0.1, -0.05) is 54.6 Å². The molecule has 0 spiro atoms. The average molecular weight is 273 g/mol. The van der Waals surface area contributed by atoms with Crippen LogP contribution in [0.4, 0.5) is 0 Å². The number of pyridine rings is 1. The van der Waals surface area contributed by atoms with E-state index >= 15 is 0 Å². The minimum atomic E-state index is 0.0326. The highest BCUT2D eigenvalue weighted by molar-refractivity contribution is 6.00. The summed E-state index contributed by atoms with van der Waals surface area (Å²) in [5.41, 5.74) is 4.97. The Bertz CT molecular complexity index is 761. The van der Waals surface area contributed by atoms with Gasteiger partial charge in [0.15, 0.2) is 5.78 Å². The van der Waals surface area contributed by atoms with Crippen LogP contribution in [-0.2, 0) is 0 Å². The standard InChI is InChI=1S/C19H15NO/c1-14(21)19-13-20-12-11-18(19)17-9-7-16(8-10-17)15-5-3-2-4-6-15/h2-13H,1H3. The van der Waals surface area contributed by atoms with Crippen LogP contribution in [-0.4, -0.2) is 10.8 Å². The molecule has 0 N–H and O–H groups in total. The van der Waals surface area contributed by atoms with Crippen LogP contribution >= 0.6 is 0 Å². The third-order valence-electron chi connectivity index (χ3n) is 3.50. The molecular weight excluding hydrogens is 258 g/mol. The van der Waals surface area contributed by atoms with Gasteiger partial charge in [0.2, 0.25) is 0 Å². The molecule has 1 heterocycles. The lowest BCUT2D eigenvalue weighted by Crippen LogP contribution is -1.96. The zero-order valence-electron chi connectivity index (χ0n) is 11.8. The zero-order chi connectivity index (χ0) is 14.7. The first-order valence-electron chi connectivity index (χ1n) is 6.86. The number of rotatable bonds is 3. The van der Waals surface area contributed by atoms with Gasteiger partial charge in [0.1, 0.15) is 0 Å². The third kappa shape index (κ3) is 2.75. The summed E-state index contributed by atoms with van der Waals surface area (Å²) >= 11 is 0. The highest BCUT2D eigenvalue weighted by Gasteiger charge is 2.09. The van der Waals surface area contributed by atoms with Crippen molar-refractivity contribution in [1.82, 2.24) is 4.98 Å². The molecule has 21 heavy (non-hydrogen) atoms. The number of hydrogen-bond donors (Lipinski definition) is 0. The lowest BCUT2D eigenvalue weighted by molar-refractivity contribution is 0.101. The number of aromatic nitrogens is 1. The Morgan fingerprint density at radius 3 is 2.10 bits per heavy atom. The van der Waals surface area contributed by atoms with Crippen LogP contribution in [0.2, 0.25) is 0 Å². The Hall–Kier alpha value is -2.74. The smallest absolute Gasteiger partial charge is 0.161 e. The molecular formula is C19H15NO. The van der Waals surface area contributed by atoms with Gasteiger partial charge < -0.3 is 0 Å². The van der Waals surface area contributed by atoms with Crippen LogP contribution in [0.1, 0.15) is 17.3 Å². The molecule has 0 saturated heterocycles. The first-order valence-corrected chi connectivity index (χ1v) is 6.86. The quantitative estimate of drug-likeness (QED) is 0.652. The summed E-state index contributed by atoms with van der Waals surface area (Å²) in [6, 6.07) is 20.4. The van der Waals surface area contributed by atoms with Crippen molar-refractivity contribution in [3.8, 4) is 22.3 Å². The predicted molar refractivity (Wildman–Crippen MR) is 85.1 cm³/mol. The Balaban J connectivity index is 2.01. The molecule has 0 radical (unpaired) electrons. The maximum Gasteiger partial charge on any atom is 0.161 e. The summed E-state index contributed by atoms with van der Waals surface area (Å²) < 4.78 is 0. The maximum absolute atomic E-state index is 11.7. The van der Waals surface area contributed by atoms with Gasteiger partial charge in [0, 0.05) is 18.0 Å². The van der Waals surface area contributed by atoms with E-state index in [1.165, 1.54) is 5.56 Å². The fourth-order valence-corrected chi connectivity index (χ4v) is 2.40. The van der Waals surface area contributed by atoms with Crippen LogP contribution in [0.25, 0.3) is 22.3 Å². The van der Waals surface area contributed by atoms with Crippen molar-refractivity contribution in [2.75, 3.05) is 0 Å². The molecule has 0 atom stereocenters. The van der Waals surface area contributed by atoms with E-state index in [-0.39, 0.29) is 5.78 Å². The predicted octanol–water partition coefficient (Wildman–Crippen LogP) is 4.62. The number of ketones is 1. The molecule has 0 unspecified atom stereocenters. The van der Waals surface area contributed by atoms with E-state index in [2.05, 4.69) is 29.2 Å². The Labute approximate surface area is 124 Å². The molecule has 3 aromatic rings. The van der Waals surface area contributed by atoms with Crippen LogP contribution < -0.4 is 0 Å². The molecule has 2 heteroatoms. The molecule has 0 fully saturated rings. The largest absolute Gasteiger partial charge is 0.294 e. The van der Waals surface area contributed by atoms with Crippen molar-refractivity contribution in [2.24, 2.45) is 0 Å². The lowest BCUT2D eigenvalue weighted by atomic mass is 9.97. The number of carbonyl (C=O) groups is 1. The summed E-state index contributed by atoms with van der Waals surface area (Å²) in [4.78, 5) is 15.7. The van der Waals surface area contributed by atoms with Gasteiger partial charge in [-0.2, -0.15) is 0 Å². The van der Waals surface area contributed by atoms with E-state index in [9.17, 15) is 4.79 Å². The van der Waals surface area contributed by atoms with Crippen molar-refractivity contribution < 1.29 is 4.79 Å². The number of carbonyl (C=O) groups excluding carboxylic acids is 1. The summed E-state index contributed by atoms with van der Waals surface area (Å²) in [6.07, 6.45) is 3.34. The van der Waals surface area contributed by atoms with Gasteiger partial charge >= 0.3 is 0 Å². The molecule has 2 nitrogen and oxygen atoms in total.